The topological polar surface area (TPSA) is 57.5 Å². The summed E-state index contributed by atoms with van der Waals surface area (Å²) in [6.07, 6.45) is -0.501. The van der Waals surface area contributed by atoms with E-state index in [0.29, 0.717) is 0 Å². The smallest absolute Gasteiger partial charge is 0.308 e. The SMILES string of the molecule is O=C(O)Cc1c(O)cccc1F. The van der Waals surface area contributed by atoms with Crippen LogP contribution < -0.4 is 0 Å². The summed E-state index contributed by atoms with van der Waals surface area (Å²) in [4.78, 5) is 10.2. The third-order valence-corrected chi connectivity index (χ3v) is 1.42. The number of hydrogen-bond donors (Lipinski definition) is 2. The third kappa shape index (κ3) is 1.72. The Balaban J connectivity index is 3.04. The predicted molar refractivity (Wildman–Crippen MR) is 39.4 cm³/mol. The van der Waals surface area contributed by atoms with Crippen molar-refractivity contribution in [3.8, 4) is 5.75 Å². The number of aromatic hydroxyl groups is 1. The minimum absolute atomic E-state index is 0.176. The van der Waals surface area contributed by atoms with Crippen molar-refractivity contribution < 1.29 is 19.4 Å². The molecule has 64 valence electrons. The molecule has 2 N–H and O–H groups in total. The normalized spacial score (nSPS) is 9.75. The second-order valence-electron chi connectivity index (χ2n) is 2.31. The molecule has 0 aliphatic heterocycles. The molecule has 0 amide bonds. The van der Waals surface area contributed by atoms with Crippen molar-refractivity contribution in [3.63, 3.8) is 0 Å². The standard InChI is InChI=1S/C8H7FO3/c9-6-2-1-3-7(10)5(6)4-8(11)12/h1-3,10H,4H2,(H,11,12). The Labute approximate surface area is 68.1 Å². The van der Waals surface area contributed by atoms with Gasteiger partial charge in [-0.25, -0.2) is 4.39 Å². The highest BCUT2D eigenvalue weighted by Gasteiger charge is 2.10. The van der Waals surface area contributed by atoms with Crippen molar-refractivity contribution in [2.75, 3.05) is 0 Å². The minimum atomic E-state index is -1.17. The van der Waals surface area contributed by atoms with Gasteiger partial charge >= 0.3 is 5.97 Å². The fourth-order valence-electron chi connectivity index (χ4n) is 0.873. The molecule has 0 bridgehead atoms. The van der Waals surface area contributed by atoms with Crippen LogP contribution in [0.15, 0.2) is 18.2 Å². The maximum Gasteiger partial charge on any atom is 0.308 e. The van der Waals surface area contributed by atoms with Gasteiger partial charge in [-0.1, -0.05) is 6.07 Å². The second-order valence-corrected chi connectivity index (χ2v) is 2.31. The van der Waals surface area contributed by atoms with Crippen LogP contribution in [-0.2, 0) is 11.2 Å². The molecule has 0 aliphatic rings. The van der Waals surface area contributed by atoms with Gasteiger partial charge in [-0.05, 0) is 12.1 Å². The summed E-state index contributed by atoms with van der Waals surface area (Å²) in [5.74, 6) is -2.19. The van der Waals surface area contributed by atoms with Gasteiger partial charge in [0, 0.05) is 5.56 Å². The Morgan fingerprint density at radius 1 is 1.50 bits per heavy atom. The Kier molecular flexibility index (Phi) is 2.28. The maximum atomic E-state index is 12.8. The molecular formula is C8H7FO3. The van der Waals surface area contributed by atoms with Gasteiger partial charge in [0.25, 0.3) is 0 Å². The predicted octanol–water partition coefficient (Wildman–Crippen LogP) is 1.16. The van der Waals surface area contributed by atoms with E-state index in [1.165, 1.54) is 12.1 Å². The number of phenols is 1. The fourth-order valence-corrected chi connectivity index (χ4v) is 0.873. The number of carboxylic acids is 1. The lowest BCUT2D eigenvalue weighted by Crippen LogP contribution is -2.02. The highest BCUT2D eigenvalue weighted by Crippen LogP contribution is 2.19. The number of hydrogen-bond acceptors (Lipinski definition) is 2. The first kappa shape index (κ1) is 8.52. The van der Waals surface area contributed by atoms with Crippen LogP contribution in [0.5, 0.6) is 5.75 Å². The zero-order chi connectivity index (χ0) is 9.14. The van der Waals surface area contributed by atoms with Crippen LogP contribution in [0.1, 0.15) is 5.56 Å². The van der Waals surface area contributed by atoms with E-state index in [2.05, 4.69) is 0 Å². The van der Waals surface area contributed by atoms with Gasteiger partial charge in [-0.2, -0.15) is 0 Å². The first-order valence-electron chi connectivity index (χ1n) is 3.29. The maximum absolute atomic E-state index is 12.8. The van der Waals surface area contributed by atoms with E-state index in [4.69, 9.17) is 10.2 Å². The van der Waals surface area contributed by atoms with Gasteiger partial charge in [-0.15, -0.1) is 0 Å². The number of carboxylic acid groups (broad SMARTS) is 1. The van der Waals surface area contributed by atoms with E-state index in [1.807, 2.05) is 0 Å². The van der Waals surface area contributed by atoms with Gasteiger partial charge in [0.2, 0.25) is 0 Å². The van der Waals surface area contributed by atoms with Crippen LogP contribution in [0.3, 0.4) is 0 Å². The number of carbonyl (C=O) groups is 1. The van der Waals surface area contributed by atoms with Crippen LogP contribution in [-0.4, -0.2) is 16.2 Å². The lowest BCUT2D eigenvalue weighted by atomic mass is 10.1. The number of benzene rings is 1. The molecule has 3 nitrogen and oxygen atoms in total. The zero-order valence-corrected chi connectivity index (χ0v) is 6.12. The molecule has 1 rings (SSSR count). The number of halogens is 1. The number of phenolic OH excluding ortho intramolecular Hbond substituents is 1. The first-order chi connectivity index (χ1) is 5.61. The third-order valence-electron chi connectivity index (χ3n) is 1.42. The van der Waals surface area contributed by atoms with Crippen LogP contribution >= 0.6 is 0 Å². The van der Waals surface area contributed by atoms with Crippen molar-refractivity contribution >= 4 is 5.97 Å². The Hall–Kier alpha value is -1.58. The number of rotatable bonds is 2. The van der Waals surface area contributed by atoms with E-state index < -0.39 is 18.2 Å². The molecule has 1 aromatic carbocycles. The van der Waals surface area contributed by atoms with Crippen molar-refractivity contribution in [2.45, 2.75) is 6.42 Å². The van der Waals surface area contributed by atoms with Crippen molar-refractivity contribution in [1.82, 2.24) is 0 Å². The van der Waals surface area contributed by atoms with Crippen LogP contribution in [0.2, 0.25) is 0 Å². The Bertz CT molecular complexity index is 289. The summed E-state index contributed by atoms with van der Waals surface area (Å²) in [5, 5.41) is 17.4. The van der Waals surface area contributed by atoms with E-state index in [9.17, 15) is 9.18 Å². The monoisotopic (exact) mass is 170 g/mol. The Morgan fingerprint density at radius 2 is 2.17 bits per heavy atom. The molecule has 12 heavy (non-hydrogen) atoms. The van der Waals surface area contributed by atoms with Crippen molar-refractivity contribution in [3.05, 3.63) is 29.6 Å². The number of aliphatic carboxylic acids is 1. The van der Waals surface area contributed by atoms with Crippen molar-refractivity contribution in [1.29, 1.82) is 0 Å². The van der Waals surface area contributed by atoms with Gasteiger partial charge < -0.3 is 10.2 Å². The van der Waals surface area contributed by atoms with E-state index in [1.54, 1.807) is 0 Å². The molecule has 0 saturated carbocycles. The average molecular weight is 170 g/mol. The van der Waals surface area contributed by atoms with Gasteiger partial charge in [0.1, 0.15) is 11.6 Å². The molecule has 0 heterocycles. The van der Waals surface area contributed by atoms with Crippen LogP contribution in [0, 0.1) is 5.82 Å². The summed E-state index contributed by atoms with van der Waals surface area (Å²) < 4.78 is 12.8. The van der Waals surface area contributed by atoms with Crippen molar-refractivity contribution in [2.24, 2.45) is 0 Å². The summed E-state index contributed by atoms with van der Waals surface area (Å²) in [5.41, 5.74) is -0.176. The largest absolute Gasteiger partial charge is 0.508 e. The van der Waals surface area contributed by atoms with E-state index >= 15 is 0 Å². The molecule has 4 heteroatoms. The molecular weight excluding hydrogens is 163 g/mol. The molecule has 0 spiro atoms. The fraction of sp³-hybridized carbons (Fsp3) is 0.125. The van der Waals surface area contributed by atoms with Gasteiger partial charge in [0.15, 0.2) is 0 Å². The molecule has 0 unspecified atom stereocenters. The zero-order valence-electron chi connectivity index (χ0n) is 6.12. The highest BCUT2D eigenvalue weighted by molar-refractivity contribution is 5.71. The van der Waals surface area contributed by atoms with E-state index in [0.717, 1.165) is 6.07 Å². The van der Waals surface area contributed by atoms with E-state index in [-0.39, 0.29) is 11.3 Å². The summed E-state index contributed by atoms with van der Waals surface area (Å²) in [6.45, 7) is 0. The molecule has 0 radical (unpaired) electrons. The van der Waals surface area contributed by atoms with Gasteiger partial charge in [-0.3, -0.25) is 4.79 Å². The molecule has 0 atom stereocenters. The summed E-state index contributed by atoms with van der Waals surface area (Å²) in [6, 6.07) is 3.68. The summed E-state index contributed by atoms with van der Waals surface area (Å²) >= 11 is 0. The van der Waals surface area contributed by atoms with Crippen LogP contribution in [0.4, 0.5) is 4.39 Å². The molecule has 0 fully saturated rings. The minimum Gasteiger partial charge on any atom is -0.508 e. The Morgan fingerprint density at radius 3 is 2.67 bits per heavy atom. The van der Waals surface area contributed by atoms with Gasteiger partial charge in [0.05, 0.1) is 6.42 Å². The molecule has 0 saturated heterocycles. The molecule has 0 aromatic heterocycles. The van der Waals surface area contributed by atoms with Crippen LogP contribution in [0.25, 0.3) is 0 Å². The quantitative estimate of drug-likeness (QED) is 0.700. The molecule has 1 aromatic rings. The average Bonchev–Trinajstić information content (AvgIpc) is 1.97. The summed E-state index contributed by atoms with van der Waals surface area (Å²) in [7, 11) is 0. The highest BCUT2D eigenvalue weighted by atomic mass is 19.1. The second kappa shape index (κ2) is 3.21. The lowest BCUT2D eigenvalue weighted by molar-refractivity contribution is -0.136. The first-order valence-corrected chi connectivity index (χ1v) is 3.29. The molecule has 0 aliphatic carbocycles. The lowest BCUT2D eigenvalue weighted by Gasteiger charge is -2.01.